The Hall–Kier alpha value is -1.72. The molecule has 0 saturated heterocycles. The van der Waals surface area contributed by atoms with Crippen molar-refractivity contribution in [3.8, 4) is 11.8 Å². The van der Waals surface area contributed by atoms with Crippen LogP contribution in [0.3, 0.4) is 0 Å². The molecule has 18 heavy (non-hydrogen) atoms. The van der Waals surface area contributed by atoms with E-state index in [9.17, 15) is 22.0 Å². The molecule has 0 unspecified atom stereocenters. The van der Waals surface area contributed by atoms with Gasteiger partial charge in [0.15, 0.2) is 6.29 Å². The van der Waals surface area contributed by atoms with Gasteiger partial charge in [0, 0.05) is 22.3 Å². The van der Waals surface area contributed by atoms with Crippen LogP contribution >= 0.6 is 10.7 Å². The Labute approximate surface area is 105 Å². The second-order valence-corrected chi connectivity index (χ2v) is 5.47. The molecule has 0 radical (unpaired) electrons. The van der Waals surface area contributed by atoms with Crippen molar-refractivity contribution in [2.24, 2.45) is 0 Å². The molecule has 0 aliphatic rings. The molecule has 0 aliphatic carbocycles. The number of hydrogen-bond acceptors (Lipinski definition) is 5. The molecule has 0 saturated carbocycles. The number of aldehydes is 1. The SMILES string of the molecule is N#Cc1cc(OC(F)F)c(S(=O)(=O)Cl)cc1C=O. The summed E-state index contributed by atoms with van der Waals surface area (Å²) < 4.78 is 50.4. The van der Waals surface area contributed by atoms with Gasteiger partial charge in [-0.05, 0) is 6.07 Å². The van der Waals surface area contributed by atoms with Gasteiger partial charge in [0.25, 0.3) is 9.05 Å². The normalized spacial score (nSPS) is 11.1. The fourth-order valence-corrected chi connectivity index (χ4v) is 2.13. The quantitative estimate of drug-likeness (QED) is 0.625. The molecule has 0 aromatic heterocycles. The number of carbonyl (C=O) groups is 1. The summed E-state index contributed by atoms with van der Waals surface area (Å²) in [6.45, 7) is -3.30. The number of carbonyl (C=O) groups excluding carboxylic acids is 1. The molecule has 96 valence electrons. The molecule has 0 aliphatic heterocycles. The molecule has 5 nitrogen and oxygen atoms in total. The number of nitriles is 1. The highest BCUT2D eigenvalue weighted by Gasteiger charge is 2.22. The first kappa shape index (κ1) is 14.3. The number of alkyl halides is 2. The molecule has 0 fully saturated rings. The molecule has 1 aromatic carbocycles. The van der Waals surface area contributed by atoms with Crippen molar-refractivity contribution in [2.45, 2.75) is 11.5 Å². The zero-order chi connectivity index (χ0) is 13.9. The monoisotopic (exact) mass is 295 g/mol. The molecule has 0 atom stereocenters. The molecular formula is C9H4ClF2NO4S. The number of benzene rings is 1. The number of hydrogen-bond donors (Lipinski definition) is 0. The minimum atomic E-state index is -4.39. The van der Waals surface area contributed by atoms with E-state index in [2.05, 4.69) is 4.74 Å². The number of ether oxygens (including phenoxy) is 1. The van der Waals surface area contributed by atoms with Crippen LogP contribution in [-0.2, 0) is 9.05 Å². The molecule has 1 aromatic rings. The molecule has 0 heterocycles. The fraction of sp³-hybridized carbons (Fsp3) is 0.111. The minimum absolute atomic E-state index is 0.205. The van der Waals surface area contributed by atoms with Crippen LogP contribution < -0.4 is 4.74 Å². The second-order valence-electron chi connectivity index (χ2n) is 2.93. The highest BCUT2D eigenvalue weighted by molar-refractivity contribution is 8.13. The summed E-state index contributed by atoms with van der Waals surface area (Å²) >= 11 is 0. The van der Waals surface area contributed by atoms with Crippen molar-refractivity contribution >= 4 is 26.0 Å². The summed E-state index contributed by atoms with van der Waals surface area (Å²) in [7, 11) is 0.629. The van der Waals surface area contributed by atoms with Crippen LogP contribution in [0.2, 0.25) is 0 Å². The average molecular weight is 296 g/mol. The lowest BCUT2D eigenvalue weighted by Gasteiger charge is -2.09. The van der Waals surface area contributed by atoms with E-state index in [-0.39, 0.29) is 17.4 Å². The largest absolute Gasteiger partial charge is 0.433 e. The Kier molecular flexibility index (Phi) is 4.21. The van der Waals surface area contributed by atoms with E-state index < -0.39 is 26.3 Å². The lowest BCUT2D eigenvalue weighted by Crippen LogP contribution is -2.07. The molecule has 9 heteroatoms. The van der Waals surface area contributed by atoms with Gasteiger partial charge in [-0.1, -0.05) is 0 Å². The van der Waals surface area contributed by atoms with E-state index in [1.165, 1.54) is 0 Å². The van der Waals surface area contributed by atoms with E-state index in [1.807, 2.05) is 0 Å². The number of halogens is 3. The average Bonchev–Trinajstić information content (AvgIpc) is 2.26. The zero-order valence-electron chi connectivity index (χ0n) is 8.43. The Balaban J connectivity index is 3.57. The van der Waals surface area contributed by atoms with Crippen molar-refractivity contribution in [1.29, 1.82) is 5.26 Å². The maximum absolute atomic E-state index is 12.1. The standard InChI is InChI=1S/C9H4ClF2NO4S/c10-18(15,16)8-2-6(4-14)5(3-13)1-7(8)17-9(11)12/h1-2,4,9H. The Morgan fingerprint density at radius 2 is 2.06 bits per heavy atom. The molecule has 0 spiro atoms. The van der Waals surface area contributed by atoms with E-state index in [0.717, 1.165) is 0 Å². The third-order valence-corrected chi connectivity index (χ3v) is 3.19. The first-order valence-corrected chi connectivity index (χ1v) is 6.53. The van der Waals surface area contributed by atoms with Crippen molar-refractivity contribution in [3.63, 3.8) is 0 Å². The van der Waals surface area contributed by atoms with Crippen molar-refractivity contribution in [1.82, 2.24) is 0 Å². The molecule has 0 amide bonds. The number of nitrogens with zero attached hydrogens (tertiary/aromatic N) is 1. The van der Waals surface area contributed by atoms with Crippen molar-refractivity contribution in [2.75, 3.05) is 0 Å². The second kappa shape index (κ2) is 5.29. The van der Waals surface area contributed by atoms with Gasteiger partial charge in [0.2, 0.25) is 0 Å². The predicted molar refractivity (Wildman–Crippen MR) is 56.2 cm³/mol. The van der Waals surface area contributed by atoms with Crippen LogP contribution in [0.25, 0.3) is 0 Å². The van der Waals surface area contributed by atoms with Crippen LogP contribution in [0.5, 0.6) is 5.75 Å². The van der Waals surface area contributed by atoms with Gasteiger partial charge < -0.3 is 4.74 Å². The Bertz CT molecular complexity index is 624. The van der Waals surface area contributed by atoms with Gasteiger partial charge >= 0.3 is 6.61 Å². The zero-order valence-corrected chi connectivity index (χ0v) is 10.0. The summed E-state index contributed by atoms with van der Waals surface area (Å²) in [6.07, 6.45) is 0.205. The van der Waals surface area contributed by atoms with Crippen LogP contribution in [0.4, 0.5) is 8.78 Å². The maximum Gasteiger partial charge on any atom is 0.387 e. The highest BCUT2D eigenvalue weighted by Crippen LogP contribution is 2.31. The molecule has 0 bridgehead atoms. The van der Waals surface area contributed by atoms with Gasteiger partial charge in [-0.3, -0.25) is 4.79 Å². The Morgan fingerprint density at radius 1 is 1.44 bits per heavy atom. The van der Waals surface area contributed by atoms with E-state index in [4.69, 9.17) is 15.9 Å². The van der Waals surface area contributed by atoms with E-state index in [1.54, 1.807) is 6.07 Å². The van der Waals surface area contributed by atoms with Gasteiger partial charge in [-0.15, -0.1) is 0 Å². The topological polar surface area (TPSA) is 84.2 Å². The first-order chi connectivity index (χ1) is 8.29. The summed E-state index contributed by atoms with van der Waals surface area (Å²) in [4.78, 5) is 9.82. The summed E-state index contributed by atoms with van der Waals surface area (Å²) in [5.41, 5.74) is -0.594. The predicted octanol–water partition coefficient (Wildman–Crippen LogP) is 1.90. The Morgan fingerprint density at radius 3 is 2.44 bits per heavy atom. The molecular weight excluding hydrogens is 292 g/mol. The smallest absolute Gasteiger partial charge is 0.387 e. The summed E-state index contributed by atoms with van der Waals surface area (Å²) in [6, 6.07) is 2.96. The van der Waals surface area contributed by atoms with Crippen molar-refractivity contribution < 1.29 is 26.7 Å². The van der Waals surface area contributed by atoms with Crippen LogP contribution in [-0.4, -0.2) is 21.3 Å². The summed E-state index contributed by atoms with van der Waals surface area (Å²) in [5, 5.41) is 8.67. The van der Waals surface area contributed by atoms with E-state index >= 15 is 0 Å². The van der Waals surface area contributed by atoms with E-state index in [0.29, 0.717) is 12.1 Å². The minimum Gasteiger partial charge on any atom is -0.433 e. The lowest BCUT2D eigenvalue weighted by atomic mass is 10.1. The summed E-state index contributed by atoms with van der Waals surface area (Å²) in [5.74, 6) is -0.790. The molecule has 1 rings (SSSR count). The van der Waals surface area contributed by atoms with Gasteiger partial charge in [0.1, 0.15) is 16.7 Å². The van der Waals surface area contributed by atoms with Gasteiger partial charge in [-0.2, -0.15) is 14.0 Å². The van der Waals surface area contributed by atoms with Gasteiger partial charge in [0.05, 0.1) is 5.56 Å². The van der Waals surface area contributed by atoms with Gasteiger partial charge in [-0.25, -0.2) is 8.42 Å². The molecule has 0 N–H and O–H groups in total. The third-order valence-electron chi connectivity index (χ3n) is 1.84. The number of rotatable bonds is 4. The fourth-order valence-electron chi connectivity index (χ4n) is 1.15. The van der Waals surface area contributed by atoms with Crippen LogP contribution in [0.1, 0.15) is 15.9 Å². The highest BCUT2D eigenvalue weighted by atomic mass is 35.7. The lowest BCUT2D eigenvalue weighted by molar-refractivity contribution is -0.0517. The maximum atomic E-state index is 12.1. The third kappa shape index (κ3) is 3.15. The van der Waals surface area contributed by atoms with Crippen LogP contribution in [0.15, 0.2) is 17.0 Å². The van der Waals surface area contributed by atoms with Crippen LogP contribution in [0, 0.1) is 11.3 Å². The first-order valence-electron chi connectivity index (χ1n) is 4.22. The van der Waals surface area contributed by atoms with Crippen molar-refractivity contribution in [3.05, 3.63) is 23.3 Å².